The molecule has 2 amide bonds. The van der Waals surface area contributed by atoms with Crippen LogP contribution in [0.25, 0.3) is 11.1 Å². The Morgan fingerprint density at radius 2 is 1.55 bits per heavy atom. The minimum absolute atomic E-state index is 0.274. The fourth-order valence-electron chi connectivity index (χ4n) is 4.80. The van der Waals surface area contributed by atoms with Gasteiger partial charge in [-0.25, -0.2) is 0 Å². The zero-order valence-electron chi connectivity index (χ0n) is 24.1. The Labute approximate surface area is 237 Å². The lowest BCUT2D eigenvalue weighted by Gasteiger charge is -2.32. The quantitative estimate of drug-likeness (QED) is 0.264. The van der Waals surface area contributed by atoms with E-state index < -0.39 is 29.3 Å². The van der Waals surface area contributed by atoms with Crippen molar-refractivity contribution in [3.8, 4) is 11.1 Å². The summed E-state index contributed by atoms with van der Waals surface area (Å²) >= 11 is 0. The molecule has 0 unspecified atom stereocenters. The van der Waals surface area contributed by atoms with E-state index in [-0.39, 0.29) is 18.4 Å². The molecular weight excluding hydrogens is 502 g/mol. The molecule has 0 aliphatic rings. The summed E-state index contributed by atoms with van der Waals surface area (Å²) in [6, 6.07) is 19.2. The van der Waals surface area contributed by atoms with Gasteiger partial charge in [-0.15, -0.1) is 0 Å². The Kier molecular flexibility index (Phi) is 10.6. The van der Waals surface area contributed by atoms with E-state index in [0.717, 1.165) is 23.1 Å². The second kappa shape index (κ2) is 13.9. The van der Waals surface area contributed by atoms with Crippen LogP contribution in [0.4, 0.5) is 0 Å². The van der Waals surface area contributed by atoms with Crippen LogP contribution in [0.1, 0.15) is 69.7 Å². The second-order valence-electron chi connectivity index (χ2n) is 11.5. The smallest absolute Gasteiger partial charge is 0.304 e. The van der Waals surface area contributed by atoms with E-state index >= 15 is 0 Å². The molecule has 1 aromatic heterocycles. The van der Waals surface area contributed by atoms with Crippen LogP contribution in [0.5, 0.6) is 0 Å². The SMILES string of the molecule is Cc1ccccc1-c1ccc(CCC[C@H](CC(=O)O)C(=O)N[C@H](C(=O)N[C@H](C)c2ccncc2)C(C)(C)C)cc1. The maximum absolute atomic E-state index is 13.3. The number of carboxylic acid groups (broad SMARTS) is 1. The molecule has 0 aliphatic carbocycles. The van der Waals surface area contributed by atoms with Crippen molar-refractivity contribution < 1.29 is 19.5 Å². The minimum Gasteiger partial charge on any atom is -0.481 e. The molecule has 0 spiro atoms. The van der Waals surface area contributed by atoms with Crippen LogP contribution in [0.3, 0.4) is 0 Å². The molecule has 3 N–H and O–H groups in total. The normalized spacial score (nSPS) is 13.6. The highest BCUT2D eigenvalue weighted by Gasteiger charge is 2.35. The van der Waals surface area contributed by atoms with Crippen molar-refractivity contribution in [3.63, 3.8) is 0 Å². The zero-order chi connectivity index (χ0) is 29.3. The summed E-state index contributed by atoms with van der Waals surface area (Å²) in [6.07, 6.45) is 4.82. The summed E-state index contributed by atoms with van der Waals surface area (Å²) in [4.78, 5) is 42.2. The van der Waals surface area contributed by atoms with Gasteiger partial charge >= 0.3 is 5.97 Å². The van der Waals surface area contributed by atoms with E-state index in [1.165, 1.54) is 11.1 Å². The maximum atomic E-state index is 13.3. The van der Waals surface area contributed by atoms with Crippen molar-refractivity contribution >= 4 is 17.8 Å². The van der Waals surface area contributed by atoms with Crippen molar-refractivity contribution in [2.24, 2.45) is 11.3 Å². The average molecular weight is 544 g/mol. The van der Waals surface area contributed by atoms with Gasteiger partial charge in [-0.3, -0.25) is 19.4 Å². The summed E-state index contributed by atoms with van der Waals surface area (Å²) in [5.74, 6) is -2.50. The third-order valence-corrected chi connectivity index (χ3v) is 7.20. The molecule has 7 nitrogen and oxygen atoms in total. The molecular formula is C33H41N3O4. The predicted octanol–water partition coefficient (Wildman–Crippen LogP) is 5.88. The molecule has 1 heterocycles. The van der Waals surface area contributed by atoms with Crippen molar-refractivity contribution in [2.45, 2.75) is 72.4 Å². The molecule has 3 rings (SSSR count). The molecule has 0 saturated carbocycles. The molecule has 0 aliphatic heterocycles. The Balaban J connectivity index is 1.63. The van der Waals surface area contributed by atoms with Crippen molar-refractivity contribution in [2.75, 3.05) is 0 Å². The van der Waals surface area contributed by atoms with E-state index in [2.05, 4.69) is 58.9 Å². The number of carboxylic acids is 1. The van der Waals surface area contributed by atoms with Gasteiger partial charge in [-0.05, 0) is 78.5 Å². The Morgan fingerprint density at radius 1 is 0.900 bits per heavy atom. The van der Waals surface area contributed by atoms with Gasteiger partial charge in [-0.1, -0.05) is 69.3 Å². The lowest BCUT2D eigenvalue weighted by Crippen LogP contribution is -2.55. The Morgan fingerprint density at radius 3 is 2.15 bits per heavy atom. The maximum Gasteiger partial charge on any atom is 0.304 e. The number of carbonyl (C=O) groups is 3. The van der Waals surface area contributed by atoms with Crippen LogP contribution in [0, 0.1) is 18.3 Å². The van der Waals surface area contributed by atoms with Crippen LogP contribution in [-0.4, -0.2) is 33.9 Å². The highest BCUT2D eigenvalue weighted by molar-refractivity contribution is 5.90. The summed E-state index contributed by atoms with van der Waals surface area (Å²) in [5.41, 5.74) is 5.01. The number of rotatable bonds is 12. The van der Waals surface area contributed by atoms with Crippen molar-refractivity contribution in [3.05, 3.63) is 89.7 Å². The van der Waals surface area contributed by atoms with E-state index in [9.17, 15) is 19.5 Å². The highest BCUT2D eigenvalue weighted by Crippen LogP contribution is 2.25. The van der Waals surface area contributed by atoms with Gasteiger partial charge in [0.2, 0.25) is 11.8 Å². The van der Waals surface area contributed by atoms with Crippen LogP contribution >= 0.6 is 0 Å². The molecule has 0 saturated heterocycles. The first-order chi connectivity index (χ1) is 19.0. The summed E-state index contributed by atoms with van der Waals surface area (Å²) in [7, 11) is 0. The molecule has 2 aromatic carbocycles. The number of nitrogens with one attached hydrogen (secondary N) is 2. The molecule has 3 atom stereocenters. The van der Waals surface area contributed by atoms with Crippen molar-refractivity contribution in [1.82, 2.24) is 15.6 Å². The lowest BCUT2D eigenvalue weighted by atomic mass is 9.85. The topological polar surface area (TPSA) is 108 Å². The predicted molar refractivity (Wildman–Crippen MR) is 157 cm³/mol. The average Bonchev–Trinajstić information content (AvgIpc) is 2.91. The highest BCUT2D eigenvalue weighted by atomic mass is 16.4. The summed E-state index contributed by atoms with van der Waals surface area (Å²) < 4.78 is 0. The lowest BCUT2D eigenvalue weighted by molar-refractivity contribution is -0.142. The van der Waals surface area contributed by atoms with Crippen LogP contribution in [-0.2, 0) is 20.8 Å². The fourth-order valence-corrected chi connectivity index (χ4v) is 4.80. The number of hydrogen-bond donors (Lipinski definition) is 3. The monoisotopic (exact) mass is 543 g/mol. The minimum atomic E-state index is -1.04. The Bertz CT molecular complexity index is 1280. The van der Waals surface area contributed by atoms with Crippen LogP contribution < -0.4 is 10.6 Å². The number of amides is 2. The van der Waals surface area contributed by atoms with Gasteiger partial charge in [0.25, 0.3) is 0 Å². The fraction of sp³-hybridized carbons (Fsp3) is 0.394. The second-order valence-corrected chi connectivity index (χ2v) is 11.5. The number of aromatic nitrogens is 1. The van der Waals surface area contributed by atoms with Crippen molar-refractivity contribution in [1.29, 1.82) is 0 Å². The van der Waals surface area contributed by atoms with Gasteiger partial charge in [0.15, 0.2) is 0 Å². The zero-order valence-corrected chi connectivity index (χ0v) is 24.1. The number of benzene rings is 2. The Hall–Kier alpha value is -4.00. The van der Waals surface area contributed by atoms with Gasteiger partial charge in [-0.2, -0.15) is 0 Å². The molecule has 3 aromatic rings. The van der Waals surface area contributed by atoms with Gasteiger partial charge in [0.05, 0.1) is 12.5 Å². The molecule has 40 heavy (non-hydrogen) atoms. The van der Waals surface area contributed by atoms with Crippen LogP contribution in [0.2, 0.25) is 0 Å². The molecule has 7 heteroatoms. The van der Waals surface area contributed by atoms with E-state index in [1.807, 2.05) is 52.0 Å². The van der Waals surface area contributed by atoms with Gasteiger partial charge < -0.3 is 15.7 Å². The number of pyridine rings is 1. The number of hydrogen-bond acceptors (Lipinski definition) is 4. The summed E-state index contributed by atoms with van der Waals surface area (Å²) in [6.45, 7) is 9.59. The first-order valence-electron chi connectivity index (χ1n) is 13.8. The first kappa shape index (κ1) is 30.5. The van der Waals surface area contributed by atoms with E-state index in [4.69, 9.17) is 0 Å². The molecule has 0 bridgehead atoms. The molecule has 212 valence electrons. The third kappa shape index (κ3) is 8.76. The number of aryl methyl sites for hydroxylation is 2. The third-order valence-electron chi connectivity index (χ3n) is 7.20. The summed E-state index contributed by atoms with van der Waals surface area (Å²) in [5, 5.41) is 15.3. The number of carbonyl (C=O) groups excluding carboxylic acids is 2. The number of nitrogens with zero attached hydrogens (tertiary/aromatic N) is 1. The van der Waals surface area contributed by atoms with Gasteiger partial charge in [0, 0.05) is 18.3 Å². The first-order valence-corrected chi connectivity index (χ1v) is 13.8. The molecule has 0 radical (unpaired) electrons. The number of aliphatic carboxylic acids is 1. The molecule has 0 fully saturated rings. The van der Waals surface area contributed by atoms with E-state index in [0.29, 0.717) is 12.8 Å². The van der Waals surface area contributed by atoms with Gasteiger partial charge in [0.1, 0.15) is 6.04 Å². The standard InChI is InChI=1S/C33H41N3O4/c1-22-9-6-7-12-28(22)26-15-13-24(14-16-26)10-8-11-27(21-29(37)38)31(39)36-30(33(3,4)5)32(40)35-23(2)25-17-19-34-20-18-25/h6-7,9,12-20,23,27,30H,8,10-11,21H2,1-5H3,(H,35,40)(H,36,39)(H,37,38)/t23-,27-,30-/m1/s1. The largest absolute Gasteiger partial charge is 0.481 e. The van der Waals surface area contributed by atoms with Crippen LogP contribution in [0.15, 0.2) is 73.1 Å². The van der Waals surface area contributed by atoms with E-state index in [1.54, 1.807) is 12.4 Å².